The molecule has 2 bridgehead atoms. The van der Waals surface area contributed by atoms with E-state index in [1.54, 1.807) is 6.26 Å². The molecule has 1 aromatic heterocycles. The molecule has 1 saturated heterocycles. The zero-order valence-electron chi connectivity index (χ0n) is 17.3. The van der Waals surface area contributed by atoms with Gasteiger partial charge in [-0.2, -0.15) is 0 Å². The largest absolute Gasteiger partial charge is 0.464 e. The lowest BCUT2D eigenvalue weighted by Gasteiger charge is -2.58. The Bertz CT molecular complexity index is 844. The molecule has 2 N–H and O–H groups in total. The minimum absolute atomic E-state index is 0.153. The summed E-state index contributed by atoms with van der Waals surface area (Å²) >= 11 is 0. The average Bonchev–Trinajstić information content (AvgIpc) is 3.19. The van der Waals surface area contributed by atoms with Crippen LogP contribution in [0.5, 0.6) is 0 Å². The third kappa shape index (κ3) is 3.79. The molecule has 29 heavy (non-hydrogen) atoms. The van der Waals surface area contributed by atoms with Gasteiger partial charge in [-0.25, -0.2) is 0 Å². The van der Waals surface area contributed by atoms with Crippen LogP contribution in [0.4, 0.5) is 0 Å². The van der Waals surface area contributed by atoms with Crippen molar-refractivity contribution in [1.29, 1.82) is 0 Å². The van der Waals surface area contributed by atoms with E-state index in [1.165, 1.54) is 0 Å². The highest BCUT2D eigenvalue weighted by atomic mass is 16.3. The van der Waals surface area contributed by atoms with Crippen LogP contribution < -0.4 is 0 Å². The molecule has 3 atom stereocenters. The third-order valence-corrected chi connectivity index (χ3v) is 6.59. The average molecular weight is 398 g/mol. The lowest BCUT2D eigenvalue weighted by Crippen LogP contribution is -2.68. The predicted octanol–water partition coefficient (Wildman–Crippen LogP) is 3.15. The number of piperidine rings is 1. The molecule has 1 aliphatic heterocycles. The molecule has 5 nitrogen and oxygen atoms in total. The number of furan rings is 1. The molecule has 4 rings (SSSR count). The van der Waals surface area contributed by atoms with Crippen molar-refractivity contribution in [2.24, 2.45) is 16.7 Å². The second-order valence-corrected chi connectivity index (χ2v) is 9.59. The van der Waals surface area contributed by atoms with Crippen LogP contribution in [0.2, 0.25) is 0 Å². The van der Waals surface area contributed by atoms with Crippen molar-refractivity contribution in [3.05, 3.63) is 48.2 Å². The van der Waals surface area contributed by atoms with Gasteiger partial charge < -0.3 is 19.5 Å². The van der Waals surface area contributed by atoms with E-state index in [4.69, 9.17) is 4.42 Å². The summed E-state index contributed by atoms with van der Waals surface area (Å²) in [7, 11) is 0. The fraction of sp³-hybridized carbons (Fsp3) is 0.542. The number of hydrogen-bond acceptors (Lipinski definition) is 5. The van der Waals surface area contributed by atoms with Crippen LogP contribution in [0.15, 0.2) is 47.1 Å². The van der Waals surface area contributed by atoms with E-state index in [1.807, 2.05) is 24.3 Å². The van der Waals surface area contributed by atoms with Crippen LogP contribution >= 0.6 is 0 Å². The first-order valence-corrected chi connectivity index (χ1v) is 10.5. The van der Waals surface area contributed by atoms with Crippen molar-refractivity contribution in [1.82, 2.24) is 4.90 Å². The van der Waals surface area contributed by atoms with Gasteiger partial charge in [-0.05, 0) is 30.0 Å². The number of carbonyl (C=O) groups is 1. The molecule has 3 unspecified atom stereocenters. The van der Waals surface area contributed by atoms with E-state index < -0.39 is 16.9 Å². The molecule has 0 spiro atoms. The normalized spacial score (nSPS) is 30.1. The maximum absolute atomic E-state index is 12.7. The van der Waals surface area contributed by atoms with Crippen molar-refractivity contribution < 1.29 is 19.4 Å². The number of carbonyl (C=O) groups excluding carboxylic acids is 1. The summed E-state index contributed by atoms with van der Waals surface area (Å²) in [6.45, 7) is 6.36. The Morgan fingerprint density at radius 1 is 1.14 bits per heavy atom. The molecule has 5 heteroatoms. The van der Waals surface area contributed by atoms with E-state index in [9.17, 15) is 15.0 Å². The molecule has 1 aromatic carbocycles. The van der Waals surface area contributed by atoms with E-state index in [-0.39, 0.29) is 18.8 Å². The Kier molecular flexibility index (Phi) is 5.40. The Balaban J connectivity index is 1.64. The molecule has 2 aromatic rings. The smallest absolute Gasteiger partial charge is 0.134 e. The first-order valence-electron chi connectivity index (χ1n) is 10.5. The lowest BCUT2D eigenvalue weighted by atomic mass is 9.55. The predicted molar refractivity (Wildman–Crippen MR) is 111 cm³/mol. The molecule has 156 valence electrons. The second kappa shape index (κ2) is 7.71. The van der Waals surface area contributed by atoms with Gasteiger partial charge >= 0.3 is 0 Å². The number of benzene rings is 1. The van der Waals surface area contributed by atoms with Gasteiger partial charge in [-0.15, -0.1) is 0 Å². The van der Waals surface area contributed by atoms with Crippen LogP contribution in [-0.2, 0) is 11.2 Å². The molecule has 2 aliphatic rings. The van der Waals surface area contributed by atoms with Gasteiger partial charge in [0.15, 0.2) is 0 Å². The van der Waals surface area contributed by atoms with Crippen LogP contribution in [-0.4, -0.2) is 53.2 Å². The summed E-state index contributed by atoms with van der Waals surface area (Å²) in [6.07, 6.45) is 2.22. The molecule has 0 radical (unpaired) electrons. The SMILES string of the molecule is CC(C)CN1CC2(CO)CC(=O)CC(Cc3ccc(-c4ccco4)cc3)(C1)C2O. The fourth-order valence-electron chi connectivity index (χ4n) is 5.61. The third-order valence-electron chi connectivity index (χ3n) is 6.59. The van der Waals surface area contributed by atoms with Gasteiger partial charge in [-0.3, -0.25) is 4.79 Å². The van der Waals surface area contributed by atoms with E-state index in [2.05, 4.69) is 30.9 Å². The second-order valence-electron chi connectivity index (χ2n) is 9.59. The molecular weight excluding hydrogens is 366 g/mol. The molecule has 1 saturated carbocycles. The van der Waals surface area contributed by atoms with Crippen molar-refractivity contribution in [2.75, 3.05) is 26.2 Å². The van der Waals surface area contributed by atoms with Gasteiger partial charge in [0.2, 0.25) is 0 Å². The van der Waals surface area contributed by atoms with Crippen LogP contribution in [0.25, 0.3) is 11.3 Å². The minimum atomic E-state index is -0.753. The topological polar surface area (TPSA) is 73.9 Å². The molecule has 1 aliphatic carbocycles. The number of ketones is 1. The van der Waals surface area contributed by atoms with Crippen LogP contribution in [0, 0.1) is 16.7 Å². The highest BCUT2D eigenvalue weighted by Crippen LogP contribution is 2.51. The van der Waals surface area contributed by atoms with Gasteiger partial charge in [0.05, 0.1) is 19.0 Å². The Morgan fingerprint density at radius 2 is 1.83 bits per heavy atom. The highest BCUT2D eigenvalue weighted by molar-refractivity contribution is 5.81. The maximum atomic E-state index is 12.7. The molecule has 2 heterocycles. The number of fused-ring (bicyclic) bond motifs is 2. The summed E-state index contributed by atoms with van der Waals surface area (Å²) in [5.74, 6) is 1.46. The molecule has 2 fully saturated rings. The summed E-state index contributed by atoms with van der Waals surface area (Å²) in [4.78, 5) is 15.0. The monoisotopic (exact) mass is 397 g/mol. The Morgan fingerprint density at radius 3 is 2.45 bits per heavy atom. The van der Waals surface area contributed by atoms with Crippen molar-refractivity contribution in [2.45, 2.75) is 39.2 Å². The van der Waals surface area contributed by atoms with E-state index in [0.29, 0.717) is 31.8 Å². The minimum Gasteiger partial charge on any atom is -0.464 e. The Labute approximate surface area is 172 Å². The first kappa shape index (κ1) is 20.3. The zero-order valence-corrected chi connectivity index (χ0v) is 17.3. The number of hydrogen-bond donors (Lipinski definition) is 2. The van der Waals surface area contributed by atoms with Crippen LogP contribution in [0.3, 0.4) is 0 Å². The summed E-state index contributed by atoms with van der Waals surface area (Å²) in [6, 6.07) is 12.0. The Hall–Kier alpha value is -1.95. The van der Waals surface area contributed by atoms with Gasteiger partial charge in [-0.1, -0.05) is 38.1 Å². The zero-order chi connectivity index (χ0) is 20.6. The highest BCUT2D eigenvalue weighted by Gasteiger charge is 2.59. The fourth-order valence-corrected chi connectivity index (χ4v) is 5.61. The van der Waals surface area contributed by atoms with Crippen molar-refractivity contribution in [3.8, 4) is 11.3 Å². The summed E-state index contributed by atoms with van der Waals surface area (Å²) in [5.41, 5.74) is 0.784. The van der Waals surface area contributed by atoms with E-state index in [0.717, 1.165) is 23.4 Å². The maximum Gasteiger partial charge on any atom is 0.134 e. The standard InChI is InChI=1S/C24H31NO4/c1-17(2)13-25-14-23(11-20(27)12-24(15-25,16-26)22(23)28)10-18-5-7-19(8-6-18)21-4-3-9-29-21/h3-9,17,22,26,28H,10-16H2,1-2H3. The number of aliphatic hydroxyl groups is 2. The number of likely N-dealkylation sites (tertiary alicyclic amines) is 1. The number of aliphatic hydroxyl groups excluding tert-OH is 2. The number of rotatable bonds is 6. The molecular formula is C24H31NO4. The molecule has 0 amide bonds. The van der Waals surface area contributed by atoms with Gasteiger partial charge in [0.1, 0.15) is 11.5 Å². The van der Waals surface area contributed by atoms with Crippen LogP contribution in [0.1, 0.15) is 32.3 Å². The van der Waals surface area contributed by atoms with Crippen molar-refractivity contribution >= 4 is 5.78 Å². The quantitative estimate of drug-likeness (QED) is 0.783. The lowest BCUT2D eigenvalue weighted by molar-refractivity contribution is -0.186. The van der Waals surface area contributed by atoms with Gasteiger partial charge in [0.25, 0.3) is 0 Å². The first-order chi connectivity index (χ1) is 13.9. The number of nitrogens with zero attached hydrogens (tertiary/aromatic N) is 1. The number of Topliss-reactive ketones (excluding diaryl/α,β-unsaturated/α-hetero) is 1. The summed E-state index contributed by atoms with van der Waals surface area (Å²) < 4.78 is 5.46. The van der Waals surface area contributed by atoms with E-state index >= 15 is 0 Å². The van der Waals surface area contributed by atoms with Crippen molar-refractivity contribution in [3.63, 3.8) is 0 Å². The van der Waals surface area contributed by atoms with Gasteiger partial charge in [0, 0.05) is 48.9 Å². The summed E-state index contributed by atoms with van der Waals surface area (Å²) in [5, 5.41) is 21.6.